The van der Waals surface area contributed by atoms with Crippen molar-refractivity contribution in [3.05, 3.63) is 34.1 Å². The van der Waals surface area contributed by atoms with Crippen LogP contribution in [0.5, 0.6) is 0 Å². The van der Waals surface area contributed by atoms with Crippen LogP contribution < -0.4 is 5.32 Å². The number of rotatable bonds is 6. The fourth-order valence-corrected chi connectivity index (χ4v) is 2.72. The molecular formula is C14H21BrFN. The highest BCUT2D eigenvalue weighted by atomic mass is 79.9. The number of hydrogen-bond donors (Lipinski definition) is 1. The van der Waals surface area contributed by atoms with Crippen LogP contribution in [-0.2, 0) is 0 Å². The van der Waals surface area contributed by atoms with Crippen LogP contribution in [0.1, 0.15) is 44.7 Å². The molecule has 1 rings (SSSR count). The van der Waals surface area contributed by atoms with Gasteiger partial charge in [-0.25, -0.2) is 4.39 Å². The van der Waals surface area contributed by atoms with E-state index in [1.54, 1.807) is 12.1 Å². The average molecular weight is 302 g/mol. The highest BCUT2D eigenvalue weighted by Gasteiger charge is 2.16. The van der Waals surface area contributed by atoms with Gasteiger partial charge in [-0.1, -0.05) is 42.6 Å². The van der Waals surface area contributed by atoms with E-state index in [9.17, 15) is 4.39 Å². The molecule has 17 heavy (non-hydrogen) atoms. The van der Waals surface area contributed by atoms with Gasteiger partial charge in [0.05, 0.1) is 0 Å². The lowest BCUT2D eigenvalue weighted by molar-refractivity contribution is 0.405. The molecule has 0 aliphatic heterocycles. The predicted molar refractivity (Wildman–Crippen MR) is 74.6 cm³/mol. The summed E-state index contributed by atoms with van der Waals surface area (Å²) in [5.74, 6) is 0.471. The Kier molecular flexibility index (Phi) is 6.14. The summed E-state index contributed by atoms with van der Waals surface area (Å²) in [5, 5.41) is 3.28. The average Bonchev–Trinajstić information content (AvgIpc) is 2.30. The van der Waals surface area contributed by atoms with Gasteiger partial charge in [0, 0.05) is 10.5 Å². The van der Waals surface area contributed by atoms with Gasteiger partial charge < -0.3 is 5.32 Å². The van der Waals surface area contributed by atoms with Crippen molar-refractivity contribution >= 4 is 15.9 Å². The highest BCUT2D eigenvalue weighted by Crippen LogP contribution is 2.29. The zero-order valence-electron chi connectivity index (χ0n) is 10.8. The van der Waals surface area contributed by atoms with Crippen molar-refractivity contribution in [1.29, 1.82) is 0 Å². The first-order chi connectivity index (χ1) is 8.08. The zero-order chi connectivity index (χ0) is 12.8. The van der Waals surface area contributed by atoms with Crippen LogP contribution in [0.4, 0.5) is 4.39 Å². The summed E-state index contributed by atoms with van der Waals surface area (Å²) in [7, 11) is 1.93. The fourth-order valence-electron chi connectivity index (χ4n) is 2.19. The van der Waals surface area contributed by atoms with Crippen LogP contribution in [0.25, 0.3) is 0 Å². The Labute approximate surface area is 112 Å². The molecule has 0 saturated heterocycles. The summed E-state index contributed by atoms with van der Waals surface area (Å²) in [6, 6.07) is 5.08. The molecule has 1 aromatic rings. The van der Waals surface area contributed by atoms with Crippen molar-refractivity contribution in [2.45, 2.75) is 39.2 Å². The zero-order valence-corrected chi connectivity index (χ0v) is 12.3. The van der Waals surface area contributed by atoms with Gasteiger partial charge in [-0.15, -0.1) is 0 Å². The molecule has 0 bridgehead atoms. The van der Waals surface area contributed by atoms with Crippen molar-refractivity contribution in [3.63, 3.8) is 0 Å². The molecule has 2 unspecified atom stereocenters. The lowest BCUT2D eigenvalue weighted by atomic mass is 9.93. The second-order valence-corrected chi connectivity index (χ2v) is 5.49. The minimum atomic E-state index is -0.174. The molecule has 0 spiro atoms. The van der Waals surface area contributed by atoms with E-state index in [0.29, 0.717) is 5.92 Å². The molecule has 1 nitrogen and oxygen atoms in total. The van der Waals surface area contributed by atoms with Crippen molar-refractivity contribution in [2.24, 2.45) is 5.92 Å². The van der Waals surface area contributed by atoms with Crippen LogP contribution in [-0.4, -0.2) is 7.05 Å². The minimum Gasteiger partial charge on any atom is -0.313 e. The molecular weight excluding hydrogens is 281 g/mol. The molecule has 0 saturated carbocycles. The Morgan fingerprint density at radius 3 is 2.71 bits per heavy atom. The van der Waals surface area contributed by atoms with Gasteiger partial charge >= 0.3 is 0 Å². The maximum Gasteiger partial charge on any atom is 0.123 e. The van der Waals surface area contributed by atoms with E-state index in [4.69, 9.17) is 0 Å². The lowest BCUT2D eigenvalue weighted by Crippen LogP contribution is -2.19. The Bertz CT molecular complexity index is 354. The van der Waals surface area contributed by atoms with Gasteiger partial charge in [-0.2, -0.15) is 0 Å². The summed E-state index contributed by atoms with van der Waals surface area (Å²) in [4.78, 5) is 0. The molecule has 0 aliphatic carbocycles. The number of halogens is 2. The van der Waals surface area contributed by atoms with E-state index >= 15 is 0 Å². The maximum atomic E-state index is 13.3. The smallest absolute Gasteiger partial charge is 0.123 e. The molecule has 0 radical (unpaired) electrons. The molecule has 1 N–H and O–H groups in total. The van der Waals surface area contributed by atoms with Crippen LogP contribution in [0.2, 0.25) is 0 Å². The molecule has 0 heterocycles. The second-order valence-electron chi connectivity index (χ2n) is 4.64. The van der Waals surface area contributed by atoms with Gasteiger partial charge in [0.25, 0.3) is 0 Å². The number of nitrogens with one attached hydrogen (secondary N) is 1. The summed E-state index contributed by atoms with van der Waals surface area (Å²) in [6.45, 7) is 4.45. The largest absolute Gasteiger partial charge is 0.313 e. The minimum absolute atomic E-state index is 0.174. The lowest BCUT2D eigenvalue weighted by Gasteiger charge is -2.22. The molecule has 3 heteroatoms. The fraction of sp³-hybridized carbons (Fsp3) is 0.571. The normalized spacial score (nSPS) is 14.6. The van der Waals surface area contributed by atoms with Crippen LogP contribution in [0.15, 0.2) is 22.7 Å². The summed E-state index contributed by atoms with van der Waals surface area (Å²) < 4.78 is 14.3. The molecule has 0 aliphatic rings. The van der Waals surface area contributed by atoms with Gasteiger partial charge in [-0.05, 0) is 43.1 Å². The Hall–Kier alpha value is -0.410. The summed E-state index contributed by atoms with van der Waals surface area (Å²) in [6.07, 6.45) is 3.44. The summed E-state index contributed by atoms with van der Waals surface area (Å²) >= 11 is 3.49. The first kappa shape index (κ1) is 14.7. The quantitative estimate of drug-likeness (QED) is 0.805. The number of hydrogen-bond acceptors (Lipinski definition) is 1. The first-order valence-electron chi connectivity index (χ1n) is 6.20. The maximum absolute atomic E-state index is 13.3. The Morgan fingerprint density at radius 1 is 1.41 bits per heavy atom. The predicted octanol–water partition coefficient (Wildman–Crippen LogP) is 4.68. The number of benzene rings is 1. The molecule has 1 aromatic carbocycles. The third-order valence-electron chi connectivity index (χ3n) is 3.10. The van der Waals surface area contributed by atoms with E-state index < -0.39 is 0 Å². The molecule has 96 valence electrons. The van der Waals surface area contributed by atoms with E-state index in [1.807, 2.05) is 7.05 Å². The highest BCUT2D eigenvalue weighted by molar-refractivity contribution is 9.10. The van der Waals surface area contributed by atoms with Gasteiger partial charge in [0.15, 0.2) is 0 Å². The molecule has 0 amide bonds. The van der Waals surface area contributed by atoms with Crippen LogP contribution in [0, 0.1) is 11.7 Å². The summed E-state index contributed by atoms with van der Waals surface area (Å²) in [5.41, 5.74) is 1.01. The third-order valence-corrected chi connectivity index (χ3v) is 3.82. The molecule has 0 aromatic heterocycles. The topological polar surface area (TPSA) is 12.0 Å². The van der Waals surface area contributed by atoms with E-state index in [2.05, 4.69) is 35.1 Å². The van der Waals surface area contributed by atoms with Crippen molar-refractivity contribution in [2.75, 3.05) is 7.05 Å². The second kappa shape index (κ2) is 7.12. The molecule has 2 atom stereocenters. The Morgan fingerprint density at radius 2 is 2.12 bits per heavy atom. The van der Waals surface area contributed by atoms with Gasteiger partial charge in [-0.3, -0.25) is 0 Å². The van der Waals surface area contributed by atoms with Crippen LogP contribution >= 0.6 is 15.9 Å². The van der Waals surface area contributed by atoms with Crippen molar-refractivity contribution in [3.8, 4) is 0 Å². The molecule has 0 fully saturated rings. The first-order valence-corrected chi connectivity index (χ1v) is 7.00. The van der Waals surface area contributed by atoms with Crippen molar-refractivity contribution < 1.29 is 4.39 Å². The van der Waals surface area contributed by atoms with Gasteiger partial charge in [0.2, 0.25) is 0 Å². The Balaban J connectivity index is 2.82. The van der Waals surface area contributed by atoms with E-state index in [-0.39, 0.29) is 11.9 Å². The van der Waals surface area contributed by atoms with Crippen LogP contribution in [0.3, 0.4) is 0 Å². The van der Waals surface area contributed by atoms with Gasteiger partial charge in [0.1, 0.15) is 5.82 Å². The third kappa shape index (κ3) is 4.40. The SMILES string of the molecule is CCCC(C)CC(NC)c1cc(F)ccc1Br. The van der Waals surface area contributed by atoms with E-state index in [0.717, 1.165) is 16.5 Å². The van der Waals surface area contributed by atoms with E-state index in [1.165, 1.54) is 18.9 Å². The van der Waals surface area contributed by atoms with Crippen molar-refractivity contribution in [1.82, 2.24) is 5.32 Å². The standard InChI is InChI=1S/C14H21BrFN/c1-4-5-10(2)8-14(17-3)12-9-11(16)6-7-13(12)15/h6-7,9-10,14,17H,4-5,8H2,1-3H3. The monoisotopic (exact) mass is 301 g/mol.